The summed E-state index contributed by atoms with van der Waals surface area (Å²) in [6.07, 6.45) is 2.66. The number of amides is 3. The first-order valence-electron chi connectivity index (χ1n) is 8.88. The molecule has 2 heterocycles. The van der Waals surface area contributed by atoms with E-state index in [4.69, 9.17) is 4.74 Å². The molecule has 2 saturated heterocycles. The first-order valence-corrected chi connectivity index (χ1v) is 8.88. The van der Waals surface area contributed by atoms with E-state index in [2.05, 4.69) is 15.5 Å². The van der Waals surface area contributed by atoms with Gasteiger partial charge in [0.05, 0.1) is 6.10 Å². The zero-order valence-corrected chi connectivity index (χ0v) is 14.7. The summed E-state index contributed by atoms with van der Waals surface area (Å²) in [5.74, 6) is -0.133. The quantitative estimate of drug-likeness (QED) is 0.874. The summed E-state index contributed by atoms with van der Waals surface area (Å²) in [5.41, 5.74) is 1.35. The Labute approximate surface area is 148 Å². The second kappa shape index (κ2) is 8.31. The van der Waals surface area contributed by atoms with Crippen LogP contribution in [0.2, 0.25) is 0 Å². The van der Waals surface area contributed by atoms with Crippen LogP contribution in [0.1, 0.15) is 19.8 Å². The molecule has 1 unspecified atom stereocenters. The van der Waals surface area contributed by atoms with Crippen LogP contribution in [0.25, 0.3) is 0 Å². The van der Waals surface area contributed by atoms with E-state index in [9.17, 15) is 9.59 Å². The molecular formula is C18H26N4O3. The van der Waals surface area contributed by atoms with Gasteiger partial charge in [0, 0.05) is 57.6 Å². The molecule has 3 rings (SSSR count). The van der Waals surface area contributed by atoms with Crippen LogP contribution in [-0.4, -0.2) is 67.2 Å². The molecule has 7 heteroatoms. The fourth-order valence-electron chi connectivity index (χ4n) is 3.29. The molecule has 7 nitrogen and oxygen atoms in total. The molecule has 1 aromatic rings. The van der Waals surface area contributed by atoms with Gasteiger partial charge in [0.15, 0.2) is 0 Å². The molecule has 1 aromatic carbocycles. The lowest BCUT2D eigenvalue weighted by Crippen LogP contribution is -2.51. The Hall–Kier alpha value is -2.12. The van der Waals surface area contributed by atoms with Gasteiger partial charge in [0.1, 0.15) is 0 Å². The van der Waals surface area contributed by atoms with Crippen molar-refractivity contribution in [2.24, 2.45) is 0 Å². The summed E-state index contributed by atoms with van der Waals surface area (Å²) in [5, 5.41) is 5.62. The van der Waals surface area contributed by atoms with Crippen LogP contribution in [0.3, 0.4) is 0 Å². The Morgan fingerprint density at radius 1 is 1.16 bits per heavy atom. The van der Waals surface area contributed by atoms with Crippen molar-refractivity contribution in [2.45, 2.75) is 25.9 Å². The van der Waals surface area contributed by atoms with Crippen molar-refractivity contribution >= 4 is 23.3 Å². The predicted octanol–water partition coefficient (Wildman–Crippen LogP) is 1.97. The first kappa shape index (κ1) is 17.7. The Balaban J connectivity index is 1.47. The normalized spacial score (nSPS) is 21.2. The van der Waals surface area contributed by atoms with Crippen LogP contribution in [-0.2, 0) is 9.53 Å². The summed E-state index contributed by atoms with van der Waals surface area (Å²) in [6.45, 7) is 6.48. The number of benzene rings is 1. The lowest BCUT2D eigenvalue weighted by atomic mass is 10.2. The fourth-order valence-corrected chi connectivity index (χ4v) is 3.29. The summed E-state index contributed by atoms with van der Waals surface area (Å²) < 4.78 is 5.68. The first-order chi connectivity index (χ1) is 12.1. The predicted molar refractivity (Wildman–Crippen MR) is 96.8 cm³/mol. The van der Waals surface area contributed by atoms with Crippen LogP contribution in [0.4, 0.5) is 16.2 Å². The number of hydrogen-bond donors (Lipinski definition) is 2. The van der Waals surface area contributed by atoms with Gasteiger partial charge in [-0.3, -0.25) is 9.69 Å². The molecule has 2 aliphatic rings. The Bertz CT molecular complexity index is 608. The highest BCUT2D eigenvalue weighted by atomic mass is 16.5. The zero-order chi connectivity index (χ0) is 17.6. The number of rotatable bonds is 4. The number of nitrogens with zero attached hydrogens (tertiary/aromatic N) is 2. The van der Waals surface area contributed by atoms with Gasteiger partial charge in [-0.05, 0) is 31.0 Å². The minimum Gasteiger partial charge on any atom is -0.377 e. The Morgan fingerprint density at radius 3 is 2.52 bits per heavy atom. The van der Waals surface area contributed by atoms with Crippen molar-refractivity contribution in [3.8, 4) is 0 Å². The molecule has 2 N–H and O–H groups in total. The van der Waals surface area contributed by atoms with E-state index in [1.54, 1.807) is 18.2 Å². The van der Waals surface area contributed by atoms with Crippen LogP contribution in [0.15, 0.2) is 24.3 Å². The number of anilines is 2. The van der Waals surface area contributed by atoms with Gasteiger partial charge in [0.2, 0.25) is 5.91 Å². The number of carbonyl (C=O) groups excluding carboxylic acids is 2. The van der Waals surface area contributed by atoms with Crippen LogP contribution in [0.5, 0.6) is 0 Å². The minimum absolute atomic E-state index is 0.100. The topological polar surface area (TPSA) is 73.9 Å². The molecule has 25 heavy (non-hydrogen) atoms. The summed E-state index contributed by atoms with van der Waals surface area (Å²) in [7, 11) is 0. The second-order valence-corrected chi connectivity index (χ2v) is 6.61. The van der Waals surface area contributed by atoms with Gasteiger partial charge in [-0.15, -0.1) is 0 Å². The highest BCUT2D eigenvalue weighted by molar-refractivity contribution is 5.92. The number of hydrogen-bond acceptors (Lipinski definition) is 4. The number of piperazine rings is 1. The van der Waals surface area contributed by atoms with Crippen molar-refractivity contribution in [3.63, 3.8) is 0 Å². The summed E-state index contributed by atoms with van der Waals surface area (Å²) in [4.78, 5) is 27.8. The molecule has 2 fully saturated rings. The van der Waals surface area contributed by atoms with E-state index in [0.717, 1.165) is 39.1 Å². The number of urea groups is 1. The smallest absolute Gasteiger partial charge is 0.321 e. The molecule has 0 saturated carbocycles. The van der Waals surface area contributed by atoms with Crippen molar-refractivity contribution in [3.05, 3.63) is 24.3 Å². The van der Waals surface area contributed by atoms with E-state index in [0.29, 0.717) is 30.6 Å². The SMILES string of the molecule is CC(=O)Nc1cccc(NC(=O)N2CCN(CC3CCCO3)CC2)c1. The van der Waals surface area contributed by atoms with E-state index in [1.807, 2.05) is 11.0 Å². The summed E-state index contributed by atoms with van der Waals surface area (Å²) >= 11 is 0. The summed E-state index contributed by atoms with van der Waals surface area (Å²) in [6, 6.07) is 7.07. The molecule has 0 bridgehead atoms. The van der Waals surface area contributed by atoms with Crippen LogP contribution < -0.4 is 10.6 Å². The van der Waals surface area contributed by atoms with E-state index < -0.39 is 0 Å². The lowest BCUT2D eigenvalue weighted by molar-refractivity contribution is -0.114. The average Bonchev–Trinajstić information content (AvgIpc) is 3.08. The van der Waals surface area contributed by atoms with Crippen molar-refractivity contribution in [1.29, 1.82) is 0 Å². The molecule has 0 spiro atoms. The molecule has 1 atom stereocenters. The number of ether oxygens (including phenoxy) is 1. The lowest BCUT2D eigenvalue weighted by Gasteiger charge is -2.35. The number of carbonyl (C=O) groups is 2. The third kappa shape index (κ3) is 5.17. The van der Waals surface area contributed by atoms with E-state index >= 15 is 0 Å². The van der Waals surface area contributed by atoms with Gasteiger partial charge >= 0.3 is 6.03 Å². The largest absolute Gasteiger partial charge is 0.377 e. The molecule has 0 aromatic heterocycles. The molecule has 3 amide bonds. The zero-order valence-electron chi connectivity index (χ0n) is 14.7. The molecule has 2 aliphatic heterocycles. The Kier molecular flexibility index (Phi) is 5.88. The van der Waals surface area contributed by atoms with Gasteiger partial charge < -0.3 is 20.3 Å². The minimum atomic E-state index is -0.133. The highest BCUT2D eigenvalue weighted by Gasteiger charge is 2.24. The number of nitrogens with one attached hydrogen (secondary N) is 2. The maximum absolute atomic E-state index is 12.4. The highest BCUT2D eigenvalue weighted by Crippen LogP contribution is 2.17. The second-order valence-electron chi connectivity index (χ2n) is 6.61. The van der Waals surface area contributed by atoms with Crippen molar-refractivity contribution in [2.75, 3.05) is 50.0 Å². The van der Waals surface area contributed by atoms with Gasteiger partial charge in [-0.2, -0.15) is 0 Å². The van der Waals surface area contributed by atoms with Crippen LogP contribution >= 0.6 is 0 Å². The van der Waals surface area contributed by atoms with Gasteiger partial charge in [-0.25, -0.2) is 4.79 Å². The van der Waals surface area contributed by atoms with Crippen molar-refractivity contribution in [1.82, 2.24) is 9.80 Å². The van der Waals surface area contributed by atoms with E-state index in [-0.39, 0.29) is 11.9 Å². The standard InChI is InChI=1S/C18H26N4O3/c1-14(23)19-15-4-2-5-16(12-15)20-18(24)22-9-7-21(8-10-22)13-17-6-3-11-25-17/h2,4-5,12,17H,3,6-11,13H2,1H3,(H,19,23)(H,20,24). The maximum Gasteiger partial charge on any atom is 0.321 e. The molecule has 136 valence electrons. The van der Waals surface area contributed by atoms with Crippen LogP contribution in [0, 0.1) is 0 Å². The van der Waals surface area contributed by atoms with Gasteiger partial charge in [-0.1, -0.05) is 6.07 Å². The maximum atomic E-state index is 12.4. The molecule has 0 radical (unpaired) electrons. The molecule has 0 aliphatic carbocycles. The third-order valence-electron chi connectivity index (χ3n) is 4.58. The molecular weight excluding hydrogens is 320 g/mol. The third-order valence-corrected chi connectivity index (χ3v) is 4.58. The van der Waals surface area contributed by atoms with E-state index in [1.165, 1.54) is 6.92 Å². The van der Waals surface area contributed by atoms with Crippen molar-refractivity contribution < 1.29 is 14.3 Å². The fraction of sp³-hybridized carbons (Fsp3) is 0.556. The monoisotopic (exact) mass is 346 g/mol. The van der Waals surface area contributed by atoms with Gasteiger partial charge in [0.25, 0.3) is 0 Å². The average molecular weight is 346 g/mol. The Morgan fingerprint density at radius 2 is 1.88 bits per heavy atom.